The number of cyclic esters (lactones) is 1. The van der Waals surface area contributed by atoms with Crippen LogP contribution in [0.1, 0.15) is 43.0 Å². The van der Waals surface area contributed by atoms with Gasteiger partial charge in [-0.05, 0) is 41.7 Å². The zero-order valence-corrected chi connectivity index (χ0v) is 14.5. The van der Waals surface area contributed by atoms with Crippen LogP contribution in [0.3, 0.4) is 0 Å². The van der Waals surface area contributed by atoms with Crippen molar-refractivity contribution in [2.24, 2.45) is 4.99 Å². The summed E-state index contributed by atoms with van der Waals surface area (Å²) >= 11 is 0. The highest BCUT2D eigenvalue weighted by atomic mass is 16.6. The zero-order chi connectivity index (χ0) is 17.3. The van der Waals surface area contributed by atoms with Gasteiger partial charge in [0.25, 0.3) is 0 Å². The van der Waals surface area contributed by atoms with E-state index in [-0.39, 0.29) is 5.41 Å². The first-order valence-corrected chi connectivity index (χ1v) is 8.03. The van der Waals surface area contributed by atoms with E-state index in [0.717, 1.165) is 11.1 Å². The van der Waals surface area contributed by atoms with Crippen LogP contribution < -0.4 is 0 Å². The molecule has 0 aliphatic carbocycles. The third kappa shape index (κ3) is 3.46. The summed E-state index contributed by atoms with van der Waals surface area (Å²) in [6.07, 6.45) is 1.75. The number of carbonyl (C=O) groups excluding carboxylic acids is 1. The fraction of sp³-hybridized carbons (Fsp3) is 0.238. The van der Waals surface area contributed by atoms with Gasteiger partial charge in [-0.25, -0.2) is 9.79 Å². The average molecular weight is 319 g/mol. The molecule has 0 saturated carbocycles. The zero-order valence-electron chi connectivity index (χ0n) is 14.5. The number of hydrogen-bond acceptors (Lipinski definition) is 3. The van der Waals surface area contributed by atoms with E-state index in [9.17, 15) is 4.79 Å². The molecule has 0 fully saturated rings. The predicted molar refractivity (Wildman–Crippen MR) is 96.9 cm³/mol. The van der Waals surface area contributed by atoms with Crippen LogP contribution >= 0.6 is 0 Å². The van der Waals surface area contributed by atoms with Gasteiger partial charge in [-0.1, -0.05) is 62.7 Å². The van der Waals surface area contributed by atoms with E-state index in [2.05, 4.69) is 25.8 Å². The van der Waals surface area contributed by atoms with Crippen molar-refractivity contribution < 1.29 is 9.53 Å². The molecule has 0 radical (unpaired) electrons. The molecule has 3 rings (SSSR count). The molecular formula is C21H21NO2. The van der Waals surface area contributed by atoms with Crippen molar-refractivity contribution in [1.82, 2.24) is 0 Å². The minimum atomic E-state index is -0.412. The number of esters is 1. The van der Waals surface area contributed by atoms with E-state index in [4.69, 9.17) is 4.74 Å². The molecule has 0 spiro atoms. The summed E-state index contributed by atoms with van der Waals surface area (Å²) in [4.78, 5) is 16.4. The van der Waals surface area contributed by atoms with Crippen LogP contribution in [-0.2, 0) is 14.9 Å². The quantitative estimate of drug-likeness (QED) is 0.597. The standard InChI is InChI=1S/C21H21NO2/c1-14-5-7-15(8-6-14)13-18-20(23)24-19(22-18)16-9-11-17(12-10-16)21(2,3)4/h5-13H,1-4H3/b18-13-. The van der Waals surface area contributed by atoms with E-state index < -0.39 is 5.97 Å². The van der Waals surface area contributed by atoms with Crippen LogP contribution in [0.4, 0.5) is 0 Å². The highest BCUT2D eigenvalue weighted by molar-refractivity contribution is 6.12. The van der Waals surface area contributed by atoms with E-state index in [1.807, 2.05) is 55.5 Å². The number of ether oxygens (including phenoxy) is 1. The largest absolute Gasteiger partial charge is 0.402 e. The molecule has 122 valence electrons. The fourth-order valence-electron chi connectivity index (χ4n) is 2.47. The molecule has 2 aromatic rings. The number of rotatable bonds is 2. The Balaban J connectivity index is 1.87. The molecule has 0 saturated heterocycles. The molecule has 1 heterocycles. The van der Waals surface area contributed by atoms with E-state index >= 15 is 0 Å². The third-order valence-electron chi connectivity index (χ3n) is 4.00. The highest BCUT2D eigenvalue weighted by Crippen LogP contribution is 2.24. The molecule has 0 atom stereocenters. The maximum Gasteiger partial charge on any atom is 0.363 e. The Morgan fingerprint density at radius 2 is 1.58 bits per heavy atom. The Hall–Kier alpha value is -2.68. The second kappa shape index (κ2) is 6.08. The lowest BCUT2D eigenvalue weighted by atomic mass is 9.87. The number of aliphatic imine (C=N–C) groups is 1. The summed E-state index contributed by atoms with van der Waals surface area (Å²) in [5.74, 6) is -0.0516. The van der Waals surface area contributed by atoms with Gasteiger partial charge in [0, 0.05) is 5.56 Å². The summed E-state index contributed by atoms with van der Waals surface area (Å²) in [6, 6.07) is 15.9. The molecule has 0 bridgehead atoms. The highest BCUT2D eigenvalue weighted by Gasteiger charge is 2.24. The molecule has 0 aromatic heterocycles. The van der Waals surface area contributed by atoms with Crippen LogP contribution in [-0.4, -0.2) is 11.9 Å². The summed E-state index contributed by atoms with van der Waals surface area (Å²) < 4.78 is 5.32. The normalized spacial score (nSPS) is 16.2. The number of hydrogen-bond donors (Lipinski definition) is 0. The Morgan fingerprint density at radius 3 is 2.17 bits per heavy atom. The van der Waals surface area contributed by atoms with Gasteiger partial charge >= 0.3 is 5.97 Å². The molecule has 3 heteroatoms. The van der Waals surface area contributed by atoms with Crippen molar-refractivity contribution in [1.29, 1.82) is 0 Å². The van der Waals surface area contributed by atoms with Crippen molar-refractivity contribution in [3.05, 3.63) is 76.5 Å². The van der Waals surface area contributed by atoms with Gasteiger partial charge in [0.2, 0.25) is 5.90 Å². The first-order valence-electron chi connectivity index (χ1n) is 8.03. The summed E-state index contributed by atoms with van der Waals surface area (Å²) in [5.41, 5.74) is 4.56. The van der Waals surface area contributed by atoms with Gasteiger partial charge in [-0.3, -0.25) is 0 Å². The van der Waals surface area contributed by atoms with Crippen molar-refractivity contribution >= 4 is 17.9 Å². The lowest BCUT2D eigenvalue weighted by Crippen LogP contribution is -2.11. The monoisotopic (exact) mass is 319 g/mol. The molecule has 0 amide bonds. The average Bonchev–Trinajstić information content (AvgIpc) is 2.90. The van der Waals surface area contributed by atoms with Crippen molar-refractivity contribution in [2.45, 2.75) is 33.1 Å². The molecule has 24 heavy (non-hydrogen) atoms. The van der Waals surface area contributed by atoms with E-state index in [0.29, 0.717) is 11.6 Å². The number of nitrogens with zero attached hydrogens (tertiary/aromatic N) is 1. The second-order valence-corrected chi connectivity index (χ2v) is 7.07. The SMILES string of the molecule is Cc1ccc(/C=C2\N=C(c3ccc(C(C)(C)C)cc3)OC2=O)cc1. The lowest BCUT2D eigenvalue weighted by molar-refractivity contribution is -0.129. The van der Waals surface area contributed by atoms with Crippen LogP contribution in [0.25, 0.3) is 6.08 Å². The first kappa shape index (κ1) is 16.2. The Labute approximate surface area is 142 Å². The Kier molecular flexibility index (Phi) is 4.10. The Morgan fingerprint density at radius 1 is 0.958 bits per heavy atom. The van der Waals surface area contributed by atoms with Crippen molar-refractivity contribution in [3.8, 4) is 0 Å². The van der Waals surface area contributed by atoms with Gasteiger partial charge < -0.3 is 4.74 Å². The summed E-state index contributed by atoms with van der Waals surface area (Å²) in [6.45, 7) is 8.52. The topological polar surface area (TPSA) is 38.7 Å². The molecule has 0 unspecified atom stereocenters. The minimum Gasteiger partial charge on any atom is -0.402 e. The number of carbonyl (C=O) groups is 1. The Bertz CT molecular complexity index is 820. The van der Waals surface area contributed by atoms with Gasteiger partial charge in [-0.2, -0.15) is 0 Å². The van der Waals surface area contributed by atoms with Crippen molar-refractivity contribution in [3.63, 3.8) is 0 Å². The molecule has 2 aromatic carbocycles. The second-order valence-electron chi connectivity index (χ2n) is 7.07. The smallest absolute Gasteiger partial charge is 0.363 e. The lowest BCUT2D eigenvalue weighted by Gasteiger charge is -2.18. The fourth-order valence-corrected chi connectivity index (χ4v) is 2.47. The van der Waals surface area contributed by atoms with Gasteiger partial charge in [-0.15, -0.1) is 0 Å². The minimum absolute atomic E-state index is 0.0865. The van der Waals surface area contributed by atoms with Crippen LogP contribution in [0.15, 0.2) is 59.2 Å². The summed E-state index contributed by atoms with van der Waals surface area (Å²) in [5, 5.41) is 0. The molecule has 3 nitrogen and oxygen atoms in total. The maximum absolute atomic E-state index is 12.1. The first-order chi connectivity index (χ1) is 11.3. The van der Waals surface area contributed by atoms with Gasteiger partial charge in [0.1, 0.15) is 0 Å². The number of aryl methyl sites for hydroxylation is 1. The third-order valence-corrected chi connectivity index (χ3v) is 4.00. The molecular weight excluding hydrogens is 298 g/mol. The van der Waals surface area contributed by atoms with Crippen LogP contribution in [0, 0.1) is 6.92 Å². The molecule has 1 aliphatic heterocycles. The molecule has 1 aliphatic rings. The molecule has 0 N–H and O–H groups in total. The van der Waals surface area contributed by atoms with Gasteiger partial charge in [0.05, 0.1) is 0 Å². The van der Waals surface area contributed by atoms with E-state index in [1.54, 1.807) is 6.08 Å². The predicted octanol–water partition coefficient (Wildman–Crippen LogP) is 4.64. The van der Waals surface area contributed by atoms with Crippen LogP contribution in [0.5, 0.6) is 0 Å². The summed E-state index contributed by atoms with van der Waals surface area (Å²) in [7, 11) is 0. The van der Waals surface area contributed by atoms with Crippen molar-refractivity contribution in [2.75, 3.05) is 0 Å². The van der Waals surface area contributed by atoms with Crippen LogP contribution in [0.2, 0.25) is 0 Å². The number of benzene rings is 2. The maximum atomic E-state index is 12.1. The van der Waals surface area contributed by atoms with E-state index in [1.165, 1.54) is 11.1 Å². The van der Waals surface area contributed by atoms with Gasteiger partial charge in [0.15, 0.2) is 5.70 Å².